The molecule has 0 bridgehead atoms. The van der Waals surface area contributed by atoms with Crippen molar-refractivity contribution in [1.29, 1.82) is 0 Å². The molecule has 0 amide bonds. The molecule has 3 nitrogen and oxygen atoms in total. The summed E-state index contributed by atoms with van der Waals surface area (Å²) in [6.45, 7) is 0. The molecular formula is C8H6ClO3S-. The summed E-state index contributed by atoms with van der Waals surface area (Å²) in [5.41, 5.74) is 0.997. The summed E-state index contributed by atoms with van der Waals surface area (Å²) in [5.74, 6) is -0.0449. The van der Waals surface area contributed by atoms with Gasteiger partial charge in [0.25, 0.3) is 5.24 Å². The van der Waals surface area contributed by atoms with E-state index in [4.69, 9.17) is 11.6 Å². The summed E-state index contributed by atoms with van der Waals surface area (Å²) in [4.78, 5) is 10.6. The summed E-state index contributed by atoms with van der Waals surface area (Å²) in [7, 11) is 0. The van der Waals surface area contributed by atoms with E-state index in [1.807, 2.05) is 0 Å². The van der Waals surface area contributed by atoms with Crippen LogP contribution in [0.15, 0.2) is 24.3 Å². The van der Waals surface area contributed by atoms with Gasteiger partial charge >= 0.3 is 0 Å². The van der Waals surface area contributed by atoms with Crippen molar-refractivity contribution in [2.24, 2.45) is 0 Å². The van der Waals surface area contributed by atoms with Crippen molar-refractivity contribution in [3.63, 3.8) is 0 Å². The van der Waals surface area contributed by atoms with E-state index >= 15 is 0 Å². The molecule has 0 aliphatic carbocycles. The SMILES string of the molecule is O=C(Cl)c1ccc(CS(=O)[O-])cc1. The van der Waals surface area contributed by atoms with Crippen molar-refractivity contribution >= 4 is 27.9 Å². The van der Waals surface area contributed by atoms with Crippen molar-refractivity contribution in [1.82, 2.24) is 0 Å². The summed E-state index contributed by atoms with van der Waals surface area (Å²) >= 11 is 3.10. The van der Waals surface area contributed by atoms with Gasteiger partial charge in [-0.05, 0) is 29.3 Å². The Morgan fingerprint density at radius 2 is 1.92 bits per heavy atom. The van der Waals surface area contributed by atoms with E-state index in [9.17, 15) is 13.6 Å². The Labute approximate surface area is 83.0 Å². The molecule has 70 valence electrons. The lowest BCUT2D eigenvalue weighted by Crippen LogP contribution is -1.94. The van der Waals surface area contributed by atoms with Crippen LogP contribution in [-0.4, -0.2) is 14.0 Å². The Morgan fingerprint density at radius 3 is 2.31 bits per heavy atom. The van der Waals surface area contributed by atoms with Gasteiger partial charge in [-0.15, -0.1) is 0 Å². The van der Waals surface area contributed by atoms with Crippen LogP contribution in [0.5, 0.6) is 0 Å². The first-order valence-corrected chi connectivity index (χ1v) is 5.06. The quantitative estimate of drug-likeness (QED) is 0.569. The van der Waals surface area contributed by atoms with E-state index in [0.717, 1.165) is 0 Å². The third-order valence-corrected chi connectivity index (χ3v) is 2.25. The molecule has 0 fully saturated rings. The lowest BCUT2D eigenvalue weighted by Gasteiger charge is -2.04. The second-order valence-corrected chi connectivity index (χ2v) is 3.66. The fourth-order valence-corrected chi connectivity index (χ4v) is 1.46. The molecular weight excluding hydrogens is 212 g/mol. The average Bonchev–Trinajstić information content (AvgIpc) is 2.04. The fourth-order valence-electron chi connectivity index (χ4n) is 0.868. The first kappa shape index (κ1) is 10.4. The third-order valence-electron chi connectivity index (χ3n) is 1.47. The van der Waals surface area contributed by atoms with E-state index < -0.39 is 16.3 Å². The molecule has 1 unspecified atom stereocenters. The number of hydrogen-bond acceptors (Lipinski definition) is 3. The monoisotopic (exact) mass is 217 g/mol. The van der Waals surface area contributed by atoms with Crippen LogP contribution in [0.3, 0.4) is 0 Å². The molecule has 0 saturated heterocycles. The van der Waals surface area contributed by atoms with Gasteiger partial charge in [-0.25, -0.2) is 0 Å². The first-order chi connectivity index (χ1) is 6.09. The van der Waals surface area contributed by atoms with Crippen LogP contribution in [0.25, 0.3) is 0 Å². The predicted octanol–water partition coefficient (Wildman–Crippen LogP) is 1.44. The zero-order chi connectivity index (χ0) is 9.84. The van der Waals surface area contributed by atoms with Crippen LogP contribution in [0.4, 0.5) is 0 Å². The van der Waals surface area contributed by atoms with Crippen LogP contribution >= 0.6 is 11.6 Å². The smallest absolute Gasteiger partial charge is 0.252 e. The maximum atomic E-state index is 10.6. The Kier molecular flexibility index (Phi) is 3.59. The minimum atomic E-state index is -2.10. The minimum absolute atomic E-state index is 0.0449. The van der Waals surface area contributed by atoms with Crippen molar-refractivity contribution in [2.75, 3.05) is 0 Å². The van der Waals surface area contributed by atoms with E-state index in [2.05, 4.69) is 0 Å². The zero-order valence-electron chi connectivity index (χ0n) is 6.53. The second kappa shape index (κ2) is 4.50. The average molecular weight is 218 g/mol. The Bertz CT molecular complexity index is 334. The van der Waals surface area contributed by atoms with E-state index in [0.29, 0.717) is 11.1 Å². The molecule has 5 heteroatoms. The van der Waals surface area contributed by atoms with Gasteiger partial charge in [0, 0.05) is 11.3 Å². The van der Waals surface area contributed by atoms with Crippen LogP contribution in [0.1, 0.15) is 15.9 Å². The van der Waals surface area contributed by atoms with Crippen LogP contribution in [-0.2, 0) is 16.8 Å². The molecule has 0 aliphatic heterocycles. The van der Waals surface area contributed by atoms with Gasteiger partial charge in [0.2, 0.25) is 0 Å². The number of carbonyl (C=O) groups excluding carboxylic acids is 1. The summed E-state index contributed by atoms with van der Waals surface area (Å²) < 4.78 is 20.6. The molecule has 13 heavy (non-hydrogen) atoms. The number of hydrogen-bond donors (Lipinski definition) is 0. The predicted molar refractivity (Wildman–Crippen MR) is 49.2 cm³/mol. The lowest BCUT2D eigenvalue weighted by molar-refractivity contribution is 0.108. The summed E-state index contributed by atoms with van der Waals surface area (Å²) in [6.07, 6.45) is 0. The molecule has 0 aliphatic rings. The highest BCUT2D eigenvalue weighted by atomic mass is 35.5. The third kappa shape index (κ3) is 3.26. The van der Waals surface area contributed by atoms with E-state index in [1.165, 1.54) is 12.1 Å². The highest BCUT2D eigenvalue weighted by Gasteiger charge is 2.00. The number of halogens is 1. The molecule has 1 aromatic carbocycles. The molecule has 0 aromatic heterocycles. The standard InChI is InChI=1S/C8H7ClO3S/c9-8(10)7-3-1-6(2-4-7)5-13(11)12/h1-4H,5H2,(H,11,12)/p-1. The molecule has 0 radical (unpaired) electrons. The normalized spacial score (nSPS) is 12.5. The van der Waals surface area contributed by atoms with Gasteiger partial charge < -0.3 is 4.55 Å². The zero-order valence-corrected chi connectivity index (χ0v) is 8.10. The van der Waals surface area contributed by atoms with Crippen LogP contribution in [0, 0.1) is 0 Å². The molecule has 1 atom stereocenters. The maximum Gasteiger partial charge on any atom is 0.252 e. The van der Waals surface area contributed by atoms with Gasteiger partial charge in [0.05, 0.1) is 0 Å². The van der Waals surface area contributed by atoms with E-state index in [1.54, 1.807) is 12.1 Å². The first-order valence-electron chi connectivity index (χ1n) is 3.44. The van der Waals surface area contributed by atoms with Gasteiger partial charge in [0.15, 0.2) is 0 Å². The Hall–Kier alpha value is -0.710. The highest BCUT2D eigenvalue weighted by molar-refractivity contribution is 7.78. The summed E-state index contributed by atoms with van der Waals surface area (Å²) in [5, 5.41) is -0.546. The topological polar surface area (TPSA) is 57.2 Å². The van der Waals surface area contributed by atoms with Crippen molar-refractivity contribution in [3.05, 3.63) is 35.4 Å². The highest BCUT2D eigenvalue weighted by Crippen LogP contribution is 2.08. The van der Waals surface area contributed by atoms with Gasteiger partial charge in [0.1, 0.15) is 0 Å². The molecule has 1 rings (SSSR count). The second-order valence-electron chi connectivity index (χ2n) is 2.42. The van der Waals surface area contributed by atoms with Crippen molar-refractivity contribution < 1.29 is 13.6 Å². The Morgan fingerprint density at radius 1 is 1.38 bits per heavy atom. The fraction of sp³-hybridized carbons (Fsp3) is 0.125. The summed E-state index contributed by atoms with van der Waals surface area (Å²) in [6, 6.07) is 6.12. The molecule has 0 heterocycles. The number of benzene rings is 1. The van der Waals surface area contributed by atoms with Crippen LogP contribution in [0.2, 0.25) is 0 Å². The molecule has 0 saturated carbocycles. The van der Waals surface area contributed by atoms with E-state index in [-0.39, 0.29) is 5.75 Å². The maximum absolute atomic E-state index is 10.6. The van der Waals surface area contributed by atoms with Crippen molar-refractivity contribution in [3.8, 4) is 0 Å². The minimum Gasteiger partial charge on any atom is -0.772 e. The van der Waals surface area contributed by atoms with Crippen molar-refractivity contribution in [2.45, 2.75) is 5.75 Å². The lowest BCUT2D eigenvalue weighted by atomic mass is 10.2. The van der Waals surface area contributed by atoms with Crippen LogP contribution < -0.4 is 0 Å². The Balaban J connectivity index is 2.81. The molecule has 0 N–H and O–H groups in total. The molecule has 1 aromatic rings. The van der Waals surface area contributed by atoms with Gasteiger partial charge in [-0.2, -0.15) is 0 Å². The number of rotatable bonds is 3. The molecule has 0 spiro atoms. The number of carbonyl (C=O) groups is 1. The van der Waals surface area contributed by atoms with Gasteiger partial charge in [-0.1, -0.05) is 23.2 Å². The van der Waals surface area contributed by atoms with Gasteiger partial charge in [-0.3, -0.25) is 9.00 Å². The largest absolute Gasteiger partial charge is 0.772 e.